The molecule has 2 nitrogen and oxygen atoms in total. The summed E-state index contributed by atoms with van der Waals surface area (Å²) in [5.41, 5.74) is 2.90. The zero-order chi connectivity index (χ0) is 19.6. The molecule has 152 valence electrons. The predicted molar refractivity (Wildman–Crippen MR) is 114 cm³/mol. The topological polar surface area (TPSA) is 15.3 Å². The zero-order valence-electron chi connectivity index (χ0n) is 17.7. The molecular weight excluding hydrogens is 335 g/mol. The average molecular weight is 375 g/mol. The van der Waals surface area contributed by atoms with Gasteiger partial charge in [-0.1, -0.05) is 65.2 Å². The number of halogens is 1. The first-order valence-electron chi connectivity index (χ1n) is 10.9. The highest BCUT2D eigenvalue weighted by Crippen LogP contribution is 2.23. The molecule has 0 radical (unpaired) electrons. The van der Waals surface area contributed by atoms with Crippen molar-refractivity contribution >= 4 is 0 Å². The number of benzene rings is 1. The fraction of sp³-hybridized carbons (Fsp3) is 0.667. The van der Waals surface area contributed by atoms with Crippen LogP contribution < -0.4 is 5.32 Å². The Labute approximate surface area is 166 Å². The summed E-state index contributed by atoms with van der Waals surface area (Å²) in [6, 6.07) is 5.68. The molecule has 1 atom stereocenters. The molecule has 0 aromatic heterocycles. The highest BCUT2D eigenvalue weighted by atomic mass is 19.1. The molecule has 1 fully saturated rings. The van der Waals surface area contributed by atoms with E-state index in [1.54, 1.807) is 6.07 Å². The molecule has 1 heterocycles. The van der Waals surface area contributed by atoms with Crippen molar-refractivity contribution in [3.8, 4) is 0 Å². The number of hydrogen-bond donors (Lipinski definition) is 1. The fourth-order valence-corrected chi connectivity index (χ4v) is 3.72. The third-order valence-corrected chi connectivity index (χ3v) is 5.89. The summed E-state index contributed by atoms with van der Waals surface area (Å²) in [5, 5.41) is 3.60. The van der Waals surface area contributed by atoms with E-state index in [-0.39, 0.29) is 5.82 Å². The zero-order valence-corrected chi connectivity index (χ0v) is 17.7. The lowest BCUT2D eigenvalue weighted by Crippen LogP contribution is -2.50. The molecule has 1 saturated heterocycles. The SMILES string of the molecule is C=C(Cc1ccc(CCC)cc1F)N1CC(CNCCCCC(C)CC)C1. The fourth-order valence-electron chi connectivity index (χ4n) is 3.72. The molecule has 1 aromatic rings. The van der Waals surface area contributed by atoms with E-state index in [0.29, 0.717) is 12.3 Å². The summed E-state index contributed by atoms with van der Waals surface area (Å²) in [6.45, 7) is 15.2. The van der Waals surface area contributed by atoms with Crippen LogP contribution in [0.2, 0.25) is 0 Å². The lowest BCUT2D eigenvalue weighted by atomic mass is 9.97. The van der Waals surface area contributed by atoms with E-state index in [4.69, 9.17) is 0 Å². The number of rotatable bonds is 13. The van der Waals surface area contributed by atoms with Crippen LogP contribution in [0, 0.1) is 17.7 Å². The second-order valence-electron chi connectivity index (χ2n) is 8.40. The minimum absolute atomic E-state index is 0.0850. The van der Waals surface area contributed by atoms with E-state index in [0.717, 1.165) is 61.8 Å². The molecular formula is C24H39FN2. The maximum absolute atomic E-state index is 14.3. The molecule has 2 rings (SSSR count). The first-order valence-corrected chi connectivity index (χ1v) is 10.9. The van der Waals surface area contributed by atoms with Crippen molar-refractivity contribution in [1.29, 1.82) is 0 Å². The quantitative estimate of drug-likeness (QED) is 0.454. The van der Waals surface area contributed by atoms with Crippen LogP contribution in [0.1, 0.15) is 64.0 Å². The van der Waals surface area contributed by atoms with E-state index in [1.165, 1.54) is 25.7 Å². The predicted octanol–water partition coefficient (Wildman–Crippen LogP) is 5.57. The van der Waals surface area contributed by atoms with Crippen molar-refractivity contribution in [2.24, 2.45) is 11.8 Å². The number of unbranched alkanes of at least 4 members (excludes halogenated alkanes) is 1. The Morgan fingerprint density at radius 2 is 2.07 bits per heavy atom. The van der Waals surface area contributed by atoms with Gasteiger partial charge < -0.3 is 10.2 Å². The average Bonchev–Trinajstić information content (AvgIpc) is 2.61. The van der Waals surface area contributed by atoms with Crippen molar-refractivity contribution in [2.45, 2.75) is 65.7 Å². The smallest absolute Gasteiger partial charge is 0.127 e. The third kappa shape index (κ3) is 7.29. The Kier molecular flexibility index (Phi) is 9.33. The number of aryl methyl sites for hydroxylation is 1. The molecule has 0 saturated carbocycles. The Balaban J connectivity index is 1.60. The summed E-state index contributed by atoms with van der Waals surface area (Å²) >= 11 is 0. The summed E-state index contributed by atoms with van der Waals surface area (Å²) in [5.74, 6) is 1.48. The maximum atomic E-state index is 14.3. The van der Waals surface area contributed by atoms with Gasteiger partial charge in [0.05, 0.1) is 0 Å². The summed E-state index contributed by atoms with van der Waals surface area (Å²) in [6.07, 6.45) is 7.86. The second kappa shape index (κ2) is 11.5. The van der Waals surface area contributed by atoms with Crippen LogP contribution in [0.5, 0.6) is 0 Å². The van der Waals surface area contributed by atoms with E-state index in [9.17, 15) is 4.39 Å². The van der Waals surface area contributed by atoms with Crippen LogP contribution in [0.15, 0.2) is 30.5 Å². The van der Waals surface area contributed by atoms with Crippen LogP contribution in [-0.2, 0) is 12.8 Å². The van der Waals surface area contributed by atoms with E-state index in [1.807, 2.05) is 6.07 Å². The van der Waals surface area contributed by atoms with Crippen LogP contribution in [0.4, 0.5) is 4.39 Å². The molecule has 0 amide bonds. The number of hydrogen-bond acceptors (Lipinski definition) is 2. The minimum Gasteiger partial charge on any atom is -0.374 e. The van der Waals surface area contributed by atoms with E-state index >= 15 is 0 Å². The van der Waals surface area contributed by atoms with Crippen LogP contribution in [0.3, 0.4) is 0 Å². The molecule has 0 spiro atoms. The first kappa shape index (κ1) is 21.9. The lowest BCUT2D eigenvalue weighted by Gasteiger charge is -2.42. The molecule has 1 N–H and O–H groups in total. The lowest BCUT2D eigenvalue weighted by molar-refractivity contribution is 0.138. The number of nitrogens with one attached hydrogen (secondary N) is 1. The van der Waals surface area contributed by atoms with Crippen molar-refractivity contribution in [2.75, 3.05) is 26.2 Å². The minimum atomic E-state index is -0.0850. The van der Waals surface area contributed by atoms with Gasteiger partial charge in [-0.15, -0.1) is 0 Å². The van der Waals surface area contributed by atoms with Gasteiger partial charge in [0.2, 0.25) is 0 Å². The number of nitrogens with zero attached hydrogens (tertiary/aromatic N) is 1. The van der Waals surface area contributed by atoms with Crippen molar-refractivity contribution < 1.29 is 4.39 Å². The highest BCUT2D eigenvalue weighted by molar-refractivity contribution is 5.27. The molecule has 1 aliphatic rings. The maximum Gasteiger partial charge on any atom is 0.127 e. The molecule has 1 aromatic carbocycles. The third-order valence-electron chi connectivity index (χ3n) is 5.89. The van der Waals surface area contributed by atoms with Gasteiger partial charge in [0.1, 0.15) is 5.82 Å². The molecule has 1 aliphatic heterocycles. The number of allylic oxidation sites excluding steroid dienone is 1. The van der Waals surface area contributed by atoms with Crippen LogP contribution in [0.25, 0.3) is 0 Å². The molecule has 3 heteroatoms. The van der Waals surface area contributed by atoms with Gasteiger partial charge in [0, 0.05) is 37.7 Å². The normalized spacial score (nSPS) is 15.6. The van der Waals surface area contributed by atoms with Gasteiger partial charge in [-0.3, -0.25) is 0 Å². The van der Waals surface area contributed by atoms with Gasteiger partial charge in [-0.05, 0) is 42.5 Å². The summed E-state index contributed by atoms with van der Waals surface area (Å²) in [7, 11) is 0. The van der Waals surface area contributed by atoms with Gasteiger partial charge in [0.25, 0.3) is 0 Å². The largest absolute Gasteiger partial charge is 0.374 e. The molecule has 1 unspecified atom stereocenters. The first-order chi connectivity index (χ1) is 13.0. The Morgan fingerprint density at radius 3 is 2.74 bits per heavy atom. The molecule has 0 bridgehead atoms. The van der Waals surface area contributed by atoms with Crippen molar-refractivity contribution in [3.05, 3.63) is 47.4 Å². The monoisotopic (exact) mass is 374 g/mol. The molecule has 27 heavy (non-hydrogen) atoms. The molecule has 0 aliphatic carbocycles. The Bertz CT molecular complexity index is 578. The summed E-state index contributed by atoms with van der Waals surface area (Å²) < 4.78 is 14.3. The van der Waals surface area contributed by atoms with Gasteiger partial charge in [-0.2, -0.15) is 0 Å². The standard InChI is InChI=1S/C24H39FN2/c1-5-9-21-11-12-23(24(25)15-21)14-20(4)27-17-22(18-27)16-26-13-8-7-10-19(3)6-2/h11-12,15,19,22,26H,4-10,13-14,16-18H2,1-3H3. The number of likely N-dealkylation sites (tertiary alicyclic amines) is 1. The second-order valence-corrected chi connectivity index (χ2v) is 8.40. The van der Waals surface area contributed by atoms with Crippen molar-refractivity contribution in [1.82, 2.24) is 10.2 Å². The van der Waals surface area contributed by atoms with Gasteiger partial charge >= 0.3 is 0 Å². The van der Waals surface area contributed by atoms with Gasteiger partial charge in [-0.25, -0.2) is 4.39 Å². The van der Waals surface area contributed by atoms with Crippen LogP contribution in [-0.4, -0.2) is 31.1 Å². The Hall–Kier alpha value is -1.35. The van der Waals surface area contributed by atoms with Crippen LogP contribution >= 0.6 is 0 Å². The van der Waals surface area contributed by atoms with E-state index < -0.39 is 0 Å². The van der Waals surface area contributed by atoms with Gasteiger partial charge in [0.15, 0.2) is 0 Å². The van der Waals surface area contributed by atoms with Crippen molar-refractivity contribution in [3.63, 3.8) is 0 Å². The van der Waals surface area contributed by atoms with E-state index in [2.05, 4.69) is 43.6 Å². The Morgan fingerprint density at radius 1 is 1.30 bits per heavy atom. The highest BCUT2D eigenvalue weighted by Gasteiger charge is 2.27. The summed E-state index contributed by atoms with van der Waals surface area (Å²) in [4.78, 5) is 2.30.